The molecule has 2 heterocycles. The Morgan fingerprint density at radius 2 is 1.97 bits per heavy atom. The molecule has 0 saturated carbocycles. The minimum Gasteiger partial charge on any atom is -0.493 e. The summed E-state index contributed by atoms with van der Waals surface area (Å²) >= 11 is 1.56. The molecule has 4 rings (SSSR count). The van der Waals surface area contributed by atoms with Crippen molar-refractivity contribution in [3.63, 3.8) is 0 Å². The summed E-state index contributed by atoms with van der Waals surface area (Å²) in [5, 5.41) is 9.46. The quantitative estimate of drug-likeness (QED) is 0.297. The largest absolute Gasteiger partial charge is 0.493 e. The van der Waals surface area contributed by atoms with E-state index in [1.54, 1.807) is 16.7 Å². The van der Waals surface area contributed by atoms with Crippen molar-refractivity contribution in [2.24, 2.45) is 0 Å². The monoisotopic (exact) mass is 478 g/mol. The molecule has 1 atom stereocenters. The second-order valence-electron chi connectivity index (χ2n) is 7.99. The van der Waals surface area contributed by atoms with Gasteiger partial charge in [0, 0.05) is 18.2 Å². The molecule has 1 aromatic heterocycles. The molecule has 0 radical (unpaired) electrons. The number of benzene rings is 2. The van der Waals surface area contributed by atoms with E-state index in [0.29, 0.717) is 34.8 Å². The Morgan fingerprint density at radius 3 is 2.71 bits per heavy atom. The van der Waals surface area contributed by atoms with Gasteiger partial charge in [0.1, 0.15) is 5.75 Å². The lowest BCUT2D eigenvalue weighted by Gasteiger charge is -2.31. The average molecular weight is 479 g/mol. The highest BCUT2D eigenvalue weighted by atomic mass is 32.2. The van der Waals surface area contributed by atoms with Crippen LogP contribution in [0, 0.1) is 0 Å². The second kappa shape index (κ2) is 10.9. The van der Waals surface area contributed by atoms with Gasteiger partial charge in [-0.25, -0.2) is 0 Å². The molecular formula is C26H30N4O3S. The second-order valence-corrected chi connectivity index (χ2v) is 9.05. The van der Waals surface area contributed by atoms with Crippen molar-refractivity contribution in [1.29, 1.82) is 0 Å². The summed E-state index contributed by atoms with van der Waals surface area (Å²) in [6.07, 6.45) is 2.25. The summed E-state index contributed by atoms with van der Waals surface area (Å²) in [7, 11) is 0. The number of nitrogens with zero attached hydrogens (tertiary/aromatic N) is 4. The summed E-state index contributed by atoms with van der Waals surface area (Å²) < 4.78 is 12.4. The Hall–Kier alpha value is -3.13. The number of hydrogen-bond acceptors (Lipinski definition) is 7. The molecule has 7 nitrogen and oxygen atoms in total. The molecule has 0 saturated heterocycles. The zero-order valence-corrected chi connectivity index (χ0v) is 20.9. The van der Waals surface area contributed by atoms with Gasteiger partial charge in [-0.05, 0) is 49.6 Å². The zero-order valence-electron chi connectivity index (χ0n) is 20.1. The fourth-order valence-corrected chi connectivity index (χ4v) is 4.78. The molecule has 34 heavy (non-hydrogen) atoms. The van der Waals surface area contributed by atoms with Crippen LogP contribution in [0.15, 0.2) is 47.6 Å². The number of thioether (sulfide) groups is 1. The van der Waals surface area contributed by atoms with Gasteiger partial charge < -0.3 is 9.47 Å². The van der Waals surface area contributed by atoms with Crippen molar-refractivity contribution in [2.45, 2.75) is 58.3 Å². The third kappa shape index (κ3) is 4.87. The number of carbonyl (C=O) groups excluding carboxylic acids is 1. The molecule has 0 bridgehead atoms. The lowest BCUT2D eigenvalue weighted by Crippen LogP contribution is -2.36. The van der Waals surface area contributed by atoms with Crippen LogP contribution in [-0.4, -0.2) is 33.4 Å². The smallest absolute Gasteiger partial charge is 0.247 e. The van der Waals surface area contributed by atoms with E-state index in [4.69, 9.17) is 14.5 Å². The number of ether oxygens (including phenoxy) is 2. The standard InChI is InChI=1S/C26H30N4O3S/c1-5-8-15-34-26-27-24-23(28-29-26)20-16-18(6-2)13-14-21(20)30(17(4)31)25(33-24)19-11-9-10-12-22(19)32-7-3/h9-14,16,25H,5-8,15H2,1-4H3/t25-/m0/s1. The van der Waals surface area contributed by atoms with Gasteiger partial charge in [0.2, 0.25) is 23.2 Å². The number of rotatable bonds is 8. The summed E-state index contributed by atoms with van der Waals surface area (Å²) in [6, 6.07) is 13.7. The van der Waals surface area contributed by atoms with E-state index in [2.05, 4.69) is 24.0 Å². The Morgan fingerprint density at radius 1 is 1.15 bits per heavy atom. The number of hydrogen-bond donors (Lipinski definition) is 0. The van der Waals surface area contributed by atoms with Crippen LogP contribution < -0.4 is 14.4 Å². The van der Waals surface area contributed by atoms with Crippen molar-refractivity contribution >= 4 is 23.4 Å². The van der Waals surface area contributed by atoms with Gasteiger partial charge >= 0.3 is 0 Å². The number of fused-ring (bicyclic) bond motifs is 3. The predicted molar refractivity (Wildman–Crippen MR) is 134 cm³/mol. The van der Waals surface area contributed by atoms with Crippen molar-refractivity contribution < 1.29 is 14.3 Å². The minimum absolute atomic E-state index is 0.153. The van der Waals surface area contributed by atoms with Crippen molar-refractivity contribution in [2.75, 3.05) is 17.3 Å². The summed E-state index contributed by atoms with van der Waals surface area (Å²) in [6.45, 7) is 8.22. The van der Waals surface area contributed by atoms with E-state index in [9.17, 15) is 4.79 Å². The number of aromatic nitrogens is 3. The minimum atomic E-state index is -0.766. The first kappa shape index (κ1) is 24.0. The number of unbranched alkanes of at least 4 members (excludes halogenated alkanes) is 1. The lowest BCUT2D eigenvalue weighted by atomic mass is 10.0. The third-order valence-electron chi connectivity index (χ3n) is 5.63. The molecule has 1 aliphatic rings. The highest BCUT2D eigenvalue weighted by Gasteiger charge is 2.36. The molecule has 178 valence electrons. The molecule has 0 aliphatic carbocycles. The number of aryl methyl sites for hydroxylation is 1. The van der Waals surface area contributed by atoms with Gasteiger partial charge in [-0.15, -0.1) is 10.2 Å². The van der Waals surface area contributed by atoms with Crippen LogP contribution in [0.2, 0.25) is 0 Å². The maximum atomic E-state index is 13.1. The molecular weight excluding hydrogens is 448 g/mol. The van der Waals surface area contributed by atoms with E-state index in [-0.39, 0.29) is 5.91 Å². The van der Waals surface area contributed by atoms with Gasteiger partial charge in [-0.3, -0.25) is 9.69 Å². The first-order valence-corrected chi connectivity index (χ1v) is 12.7. The first-order chi connectivity index (χ1) is 16.6. The molecule has 0 spiro atoms. The molecule has 1 aliphatic heterocycles. The number of carbonyl (C=O) groups is 1. The van der Waals surface area contributed by atoms with Gasteiger partial charge in [0.15, 0.2) is 5.69 Å². The van der Waals surface area contributed by atoms with Gasteiger partial charge in [-0.2, -0.15) is 4.98 Å². The summed E-state index contributed by atoms with van der Waals surface area (Å²) in [4.78, 5) is 19.4. The van der Waals surface area contributed by atoms with E-state index >= 15 is 0 Å². The van der Waals surface area contributed by atoms with Crippen LogP contribution in [-0.2, 0) is 11.2 Å². The molecule has 8 heteroatoms. The van der Waals surface area contributed by atoms with Crippen LogP contribution in [0.3, 0.4) is 0 Å². The van der Waals surface area contributed by atoms with E-state index in [0.717, 1.165) is 41.7 Å². The molecule has 0 fully saturated rings. The topological polar surface area (TPSA) is 77.4 Å². The van der Waals surface area contributed by atoms with Gasteiger partial charge in [0.25, 0.3) is 0 Å². The molecule has 0 N–H and O–H groups in total. The van der Waals surface area contributed by atoms with E-state index in [1.165, 1.54) is 6.92 Å². The summed E-state index contributed by atoms with van der Waals surface area (Å²) in [5.74, 6) is 1.78. The van der Waals surface area contributed by atoms with Crippen molar-refractivity contribution in [3.05, 3.63) is 53.6 Å². The Labute approximate surface area is 204 Å². The highest BCUT2D eigenvalue weighted by molar-refractivity contribution is 7.99. The predicted octanol–water partition coefficient (Wildman–Crippen LogP) is 5.84. The van der Waals surface area contributed by atoms with Crippen LogP contribution in [0.5, 0.6) is 11.6 Å². The number of anilines is 1. The molecule has 3 aromatic rings. The average Bonchev–Trinajstić information content (AvgIpc) is 2.98. The maximum Gasteiger partial charge on any atom is 0.247 e. The fraction of sp³-hybridized carbons (Fsp3) is 0.385. The molecule has 1 amide bonds. The Bertz CT molecular complexity index is 1170. The SMILES string of the molecule is CCCCSc1nnc2c(n1)O[C@@H](c1ccccc1OCC)N(C(C)=O)c1ccc(CC)cc1-2. The fourth-order valence-electron chi connectivity index (χ4n) is 3.91. The lowest BCUT2D eigenvalue weighted by molar-refractivity contribution is -0.118. The van der Waals surface area contributed by atoms with E-state index in [1.807, 2.05) is 49.4 Å². The number of amides is 1. The Kier molecular flexibility index (Phi) is 7.67. The molecule has 2 aromatic carbocycles. The van der Waals surface area contributed by atoms with Crippen LogP contribution in [0.25, 0.3) is 11.3 Å². The normalized spacial score (nSPS) is 14.6. The maximum absolute atomic E-state index is 13.1. The first-order valence-electron chi connectivity index (χ1n) is 11.8. The van der Waals surface area contributed by atoms with Gasteiger partial charge in [-0.1, -0.05) is 50.2 Å². The highest BCUT2D eigenvalue weighted by Crippen LogP contribution is 2.45. The van der Waals surface area contributed by atoms with Crippen molar-refractivity contribution in [3.8, 4) is 22.9 Å². The Balaban J connectivity index is 1.91. The molecule has 0 unspecified atom stereocenters. The third-order valence-corrected chi connectivity index (χ3v) is 6.55. The van der Waals surface area contributed by atoms with Crippen LogP contribution in [0.1, 0.15) is 57.9 Å². The van der Waals surface area contributed by atoms with Crippen molar-refractivity contribution in [1.82, 2.24) is 15.2 Å². The van der Waals surface area contributed by atoms with E-state index < -0.39 is 6.23 Å². The summed E-state index contributed by atoms with van der Waals surface area (Å²) in [5.41, 5.74) is 3.90. The zero-order chi connectivity index (χ0) is 24.1. The number of para-hydroxylation sites is 1. The van der Waals surface area contributed by atoms with Crippen LogP contribution in [0.4, 0.5) is 5.69 Å². The van der Waals surface area contributed by atoms with Crippen LogP contribution >= 0.6 is 11.8 Å². The van der Waals surface area contributed by atoms with Gasteiger partial charge in [0.05, 0.1) is 17.9 Å².